The fraction of sp³-hybridized carbons (Fsp3) is 0.250. The number of aryl methyl sites for hydroxylation is 2. The third-order valence-electron chi connectivity index (χ3n) is 7.77. The third-order valence-corrected chi connectivity index (χ3v) is 7.77. The summed E-state index contributed by atoms with van der Waals surface area (Å²) in [6.07, 6.45) is 4.18. The SMILES string of the molecule is C=C(C)c1ccc(C(=O)NCCCCCCNc2cc3c(cc2C)nc2cc(C)c(N)cc2[n+]3-c2ccccc2)cc1. The van der Waals surface area contributed by atoms with Gasteiger partial charge in [0.15, 0.2) is 0 Å². The number of anilines is 2. The number of fused-ring (bicyclic) bond motifs is 2. The molecule has 42 heavy (non-hydrogen) atoms. The monoisotopic (exact) mass is 558 g/mol. The second-order valence-electron chi connectivity index (χ2n) is 11.1. The lowest BCUT2D eigenvalue weighted by Crippen LogP contribution is -2.33. The Morgan fingerprint density at radius 2 is 1.43 bits per heavy atom. The minimum atomic E-state index is -0.0236. The number of carbonyl (C=O) groups excluding carboxylic acids is 1. The number of carbonyl (C=O) groups is 1. The van der Waals surface area contributed by atoms with Crippen LogP contribution in [0.15, 0.2) is 85.4 Å². The van der Waals surface area contributed by atoms with Crippen LogP contribution in [0.25, 0.3) is 33.3 Å². The number of nitrogens with one attached hydrogen (secondary N) is 2. The van der Waals surface area contributed by atoms with E-state index in [9.17, 15) is 4.79 Å². The van der Waals surface area contributed by atoms with Crippen LogP contribution in [0.1, 0.15) is 59.7 Å². The molecule has 6 heteroatoms. The van der Waals surface area contributed by atoms with Gasteiger partial charge in [-0.05, 0) is 74.6 Å². The van der Waals surface area contributed by atoms with Crippen LogP contribution in [0.3, 0.4) is 0 Å². The molecule has 4 aromatic carbocycles. The molecule has 214 valence electrons. The second kappa shape index (κ2) is 12.9. The molecule has 0 atom stereocenters. The molecule has 0 saturated heterocycles. The number of hydrogen-bond acceptors (Lipinski definition) is 4. The summed E-state index contributed by atoms with van der Waals surface area (Å²) in [6, 6.07) is 26.4. The van der Waals surface area contributed by atoms with E-state index < -0.39 is 0 Å². The largest absolute Gasteiger partial charge is 0.398 e. The van der Waals surface area contributed by atoms with Gasteiger partial charge in [-0.15, -0.1) is 4.57 Å². The van der Waals surface area contributed by atoms with Crippen molar-refractivity contribution in [2.45, 2.75) is 46.5 Å². The van der Waals surface area contributed by atoms with Crippen molar-refractivity contribution in [1.29, 1.82) is 0 Å². The molecule has 0 bridgehead atoms. The maximum absolute atomic E-state index is 12.4. The van der Waals surface area contributed by atoms with E-state index in [1.165, 1.54) is 5.56 Å². The number of nitrogen functional groups attached to an aromatic ring is 1. The number of unbranched alkanes of at least 4 members (excludes halogenated alkanes) is 3. The van der Waals surface area contributed by atoms with Gasteiger partial charge in [-0.3, -0.25) is 4.79 Å². The highest BCUT2D eigenvalue weighted by molar-refractivity contribution is 5.94. The van der Waals surface area contributed by atoms with E-state index in [-0.39, 0.29) is 5.91 Å². The van der Waals surface area contributed by atoms with Crippen LogP contribution in [0.5, 0.6) is 0 Å². The third kappa shape index (κ3) is 6.44. The molecule has 1 aromatic heterocycles. The first-order chi connectivity index (χ1) is 20.3. The van der Waals surface area contributed by atoms with Crippen molar-refractivity contribution in [3.8, 4) is 5.69 Å². The van der Waals surface area contributed by atoms with Crippen LogP contribution in [-0.2, 0) is 0 Å². The average Bonchev–Trinajstić information content (AvgIpc) is 2.99. The molecule has 0 aliphatic rings. The van der Waals surface area contributed by atoms with E-state index >= 15 is 0 Å². The number of nitrogens with two attached hydrogens (primary N) is 1. The van der Waals surface area contributed by atoms with E-state index in [1.54, 1.807) is 0 Å². The van der Waals surface area contributed by atoms with Crippen LogP contribution in [-0.4, -0.2) is 24.0 Å². The highest BCUT2D eigenvalue weighted by atomic mass is 16.1. The summed E-state index contributed by atoms with van der Waals surface area (Å²) >= 11 is 0. The van der Waals surface area contributed by atoms with Crippen LogP contribution in [0.4, 0.5) is 11.4 Å². The maximum atomic E-state index is 12.4. The van der Waals surface area contributed by atoms with Crippen molar-refractivity contribution in [2.75, 3.05) is 24.1 Å². The summed E-state index contributed by atoms with van der Waals surface area (Å²) in [5.41, 5.74) is 18.1. The Kier molecular flexibility index (Phi) is 8.82. The molecule has 0 aliphatic carbocycles. The van der Waals surface area contributed by atoms with Crippen molar-refractivity contribution < 1.29 is 9.36 Å². The van der Waals surface area contributed by atoms with Crippen molar-refractivity contribution in [1.82, 2.24) is 10.3 Å². The zero-order valence-electron chi connectivity index (χ0n) is 24.8. The van der Waals surface area contributed by atoms with Gasteiger partial charge in [0.25, 0.3) is 5.91 Å². The van der Waals surface area contributed by atoms with E-state index in [1.807, 2.05) is 50.2 Å². The fourth-order valence-corrected chi connectivity index (χ4v) is 5.26. The van der Waals surface area contributed by atoms with Crippen molar-refractivity contribution >= 4 is 44.9 Å². The van der Waals surface area contributed by atoms with Crippen LogP contribution in [0.2, 0.25) is 0 Å². The molecule has 0 fully saturated rings. The van der Waals surface area contributed by atoms with E-state index in [4.69, 9.17) is 10.7 Å². The predicted molar refractivity (Wildman–Crippen MR) is 175 cm³/mol. The molecule has 5 aromatic rings. The van der Waals surface area contributed by atoms with Crippen molar-refractivity contribution in [3.63, 3.8) is 0 Å². The van der Waals surface area contributed by atoms with Gasteiger partial charge in [0.1, 0.15) is 11.0 Å². The Labute approximate surface area is 248 Å². The molecule has 0 spiro atoms. The van der Waals surface area contributed by atoms with E-state index in [0.717, 1.165) is 88.1 Å². The normalized spacial score (nSPS) is 11.1. The van der Waals surface area contributed by atoms with Crippen LogP contribution < -0.4 is 20.9 Å². The highest BCUT2D eigenvalue weighted by Crippen LogP contribution is 2.26. The summed E-state index contributed by atoms with van der Waals surface area (Å²) in [5, 5.41) is 6.69. The average molecular weight is 559 g/mol. The van der Waals surface area contributed by atoms with Crippen LogP contribution in [0, 0.1) is 13.8 Å². The lowest BCUT2D eigenvalue weighted by molar-refractivity contribution is -0.538. The van der Waals surface area contributed by atoms with E-state index in [0.29, 0.717) is 12.1 Å². The second-order valence-corrected chi connectivity index (χ2v) is 11.1. The summed E-state index contributed by atoms with van der Waals surface area (Å²) in [4.78, 5) is 17.4. The van der Waals surface area contributed by atoms with Crippen molar-refractivity contribution in [2.24, 2.45) is 0 Å². The smallest absolute Gasteiger partial charge is 0.251 e. The Balaban J connectivity index is 1.20. The quantitative estimate of drug-likeness (QED) is 0.0687. The number of rotatable bonds is 11. The summed E-state index contributed by atoms with van der Waals surface area (Å²) in [6.45, 7) is 11.6. The molecule has 4 N–H and O–H groups in total. The molecule has 5 rings (SSSR count). The minimum Gasteiger partial charge on any atom is -0.398 e. The molecule has 0 aliphatic heterocycles. The Bertz CT molecular complexity index is 1740. The number of hydrogen-bond donors (Lipinski definition) is 3. The molecular weight excluding hydrogens is 518 g/mol. The fourth-order valence-electron chi connectivity index (χ4n) is 5.26. The number of aromatic nitrogens is 2. The van der Waals surface area contributed by atoms with Gasteiger partial charge in [0.05, 0.1) is 0 Å². The molecular formula is C36H40N5O+. The number of amides is 1. The molecule has 0 radical (unpaired) electrons. The van der Waals surface area contributed by atoms with Gasteiger partial charge >= 0.3 is 0 Å². The lowest BCUT2D eigenvalue weighted by atomic mass is 10.1. The molecule has 0 unspecified atom stereocenters. The molecule has 0 saturated carbocycles. The summed E-state index contributed by atoms with van der Waals surface area (Å²) < 4.78 is 2.25. The first-order valence-electron chi connectivity index (χ1n) is 14.7. The zero-order valence-corrected chi connectivity index (χ0v) is 24.8. The first kappa shape index (κ1) is 28.8. The van der Waals surface area contributed by atoms with E-state index in [2.05, 4.69) is 71.2 Å². The first-order valence-corrected chi connectivity index (χ1v) is 14.7. The topological polar surface area (TPSA) is 83.9 Å². The van der Waals surface area contributed by atoms with Gasteiger partial charge in [-0.1, -0.05) is 55.3 Å². The minimum absolute atomic E-state index is 0.0236. The van der Waals surface area contributed by atoms with Crippen LogP contribution >= 0.6 is 0 Å². The maximum Gasteiger partial charge on any atom is 0.251 e. The number of benzene rings is 4. The standard InChI is InChI=1S/C36H39N5O/c1-24(2)27-14-16-28(17-15-27)36(42)39-19-11-6-5-10-18-38-31-23-35-33(21-26(31)4)40-32-20-25(3)30(37)22-34(32)41(35)29-12-8-7-9-13-29/h7-9,12-17,20-23H,1,5-6,10-11,18-19H2,2-4H3,(H3,37,38,39,42)/p+1. The Morgan fingerprint density at radius 3 is 2.12 bits per heavy atom. The number of allylic oxidation sites excluding steroid dienone is 1. The number of nitrogens with zero attached hydrogens (tertiary/aromatic N) is 2. The van der Waals surface area contributed by atoms with Gasteiger partial charge in [-0.25, -0.2) is 4.98 Å². The zero-order chi connectivity index (χ0) is 29.6. The van der Waals surface area contributed by atoms with Gasteiger partial charge in [0, 0.05) is 54.3 Å². The predicted octanol–water partition coefficient (Wildman–Crippen LogP) is 7.30. The number of para-hydroxylation sites is 1. The molecule has 6 nitrogen and oxygen atoms in total. The Hall–Kier alpha value is -4.71. The molecule has 1 amide bonds. The van der Waals surface area contributed by atoms with Crippen molar-refractivity contribution in [3.05, 3.63) is 108 Å². The van der Waals surface area contributed by atoms with Gasteiger partial charge in [0.2, 0.25) is 16.7 Å². The van der Waals surface area contributed by atoms with Gasteiger partial charge < -0.3 is 16.4 Å². The highest BCUT2D eigenvalue weighted by Gasteiger charge is 2.21. The Morgan fingerprint density at radius 1 is 0.810 bits per heavy atom. The molecule has 1 heterocycles. The summed E-state index contributed by atoms with van der Waals surface area (Å²) in [7, 11) is 0. The van der Waals surface area contributed by atoms with Gasteiger partial charge in [-0.2, -0.15) is 0 Å². The lowest BCUT2D eigenvalue weighted by Gasteiger charge is -2.12. The summed E-state index contributed by atoms with van der Waals surface area (Å²) in [5.74, 6) is -0.0236.